The van der Waals surface area contributed by atoms with Gasteiger partial charge < -0.3 is 18.9 Å². The normalized spacial score (nSPS) is 11.1. The van der Waals surface area contributed by atoms with Crippen molar-refractivity contribution < 1.29 is 38.1 Å². The first-order valence-electron chi connectivity index (χ1n) is 21.7. The highest BCUT2D eigenvalue weighted by atomic mass is 16.5. The number of carbonyl (C=O) groups excluding carboxylic acids is 4. The lowest BCUT2D eigenvalue weighted by atomic mass is 9.91. The third-order valence-electron chi connectivity index (χ3n) is 9.96. The average Bonchev–Trinajstić information content (AvgIpc) is 3.18. The van der Waals surface area contributed by atoms with E-state index in [4.69, 9.17) is 18.9 Å². The summed E-state index contributed by atoms with van der Waals surface area (Å²) in [7, 11) is 0. The van der Waals surface area contributed by atoms with Crippen molar-refractivity contribution in [3.63, 3.8) is 0 Å². The molecule has 0 radical (unpaired) electrons. The maximum atomic E-state index is 13.7. The van der Waals surface area contributed by atoms with Gasteiger partial charge >= 0.3 is 23.9 Å². The Morgan fingerprint density at radius 3 is 0.704 bits per heavy atom. The SMILES string of the molecule is CCCCCCCCOC(=O)c1ccc(C(=O)OCCCCCCCC)c2c(C(=O)OCCCCCCCC)ccc(C(=O)OCCCCCCCC)c12. The number of carbonyl (C=O) groups is 4. The minimum absolute atomic E-state index is 0.0977. The second kappa shape index (κ2) is 29.9. The fourth-order valence-corrected chi connectivity index (χ4v) is 6.68. The molecule has 0 spiro atoms. The van der Waals surface area contributed by atoms with Crippen molar-refractivity contribution in [1.29, 1.82) is 0 Å². The molecule has 0 bridgehead atoms. The number of rotatable bonds is 32. The summed E-state index contributed by atoms with van der Waals surface area (Å²) in [6.07, 6.45) is 24.9. The first kappa shape index (κ1) is 46.7. The largest absolute Gasteiger partial charge is 0.462 e. The molecule has 0 unspecified atom stereocenters. The van der Waals surface area contributed by atoms with Crippen molar-refractivity contribution in [3.05, 3.63) is 46.5 Å². The van der Waals surface area contributed by atoms with E-state index >= 15 is 0 Å². The summed E-state index contributed by atoms with van der Waals surface area (Å²) in [6.45, 7) is 9.60. The second-order valence-corrected chi connectivity index (χ2v) is 14.7. The van der Waals surface area contributed by atoms with Crippen molar-refractivity contribution in [2.24, 2.45) is 0 Å². The molecule has 8 heteroatoms. The van der Waals surface area contributed by atoms with Gasteiger partial charge in [0.1, 0.15) is 0 Å². The van der Waals surface area contributed by atoms with Gasteiger partial charge in [0.05, 0.1) is 48.7 Å². The molecule has 0 saturated heterocycles. The van der Waals surface area contributed by atoms with Crippen molar-refractivity contribution >= 4 is 34.6 Å². The van der Waals surface area contributed by atoms with Crippen molar-refractivity contribution in [2.75, 3.05) is 26.4 Å². The molecule has 54 heavy (non-hydrogen) atoms. The number of ether oxygens (including phenoxy) is 4. The molecule has 0 aromatic heterocycles. The molecule has 2 aromatic rings. The molecule has 0 amide bonds. The van der Waals surface area contributed by atoms with Crippen LogP contribution >= 0.6 is 0 Å². The van der Waals surface area contributed by atoms with E-state index in [1.54, 1.807) is 0 Å². The first-order chi connectivity index (χ1) is 26.4. The summed E-state index contributed by atoms with van der Waals surface area (Å²) in [5.41, 5.74) is 0.391. The van der Waals surface area contributed by atoms with E-state index in [0.29, 0.717) is 0 Å². The molecule has 0 aliphatic heterocycles. The zero-order chi connectivity index (χ0) is 39.2. The minimum Gasteiger partial charge on any atom is -0.462 e. The van der Waals surface area contributed by atoms with Gasteiger partial charge in [-0.1, -0.05) is 156 Å². The fraction of sp³-hybridized carbons (Fsp3) is 0.696. The van der Waals surface area contributed by atoms with E-state index in [-0.39, 0.29) is 59.5 Å². The zero-order valence-corrected chi connectivity index (χ0v) is 34.4. The number of unbranched alkanes of at least 4 members (excludes halogenated alkanes) is 20. The van der Waals surface area contributed by atoms with E-state index in [1.165, 1.54) is 49.9 Å². The molecular weight excluding hydrogens is 680 g/mol. The van der Waals surface area contributed by atoms with Crippen LogP contribution in [-0.4, -0.2) is 50.3 Å². The van der Waals surface area contributed by atoms with Crippen LogP contribution in [0.5, 0.6) is 0 Å². The molecule has 2 aromatic carbocycles. The highest BCUT2D eigenvalue weighted by Gasteiger charge is 2.28. The van der Waals surface area contributed by atoms with E-state index < -0.39 is 23.9 Å². The predicted molar refractivity (Wildman–Crippen MR) is 219 cm³/mol. The van der Waals surface area contributed by atoms with Gasteiger partial charge in [-0.2, -0.15) is 0 Å². The van der Waals surface area contributed by atoms with E-state index in [2.05, 4.69) is 27.7 Å². The van der Waals surface area contributed by atoms with Crippen LogP contribution in [0.1, 0.15) is 223 Å². The highest BCUT2D eigenvalue weighted by molar-refractivity contribution is 6.22. The maximum absolute atomic E-state index is 13.7. The van der Waals surface area contributed by atoms with Crippen LogP contribution in [0.2, 0.25) is 0 Å². The van der Waals surface area contributed by atoms with Gasteiger partial charge in [0, 0.05) is 10.8 Å². The van der Waals surface area contributed by atoms with Gasteiger partial charge in [-0.3, -0.25) is 0 Å². The molecule has 0 aliphatic rings. The average molecular weight is 753 g/mol. The molecule has 2 rings (SSSR count). The highest BCUT2D eigenvalue weighted by Crippen LogP contribution is 2.33. The Bertz CT molecular complexity index is 1160. The predicted octanol–water partition coefficient (Wildman–Crippen LogP) is 12.9. The number of hydrogen-bond donors (Lipinski definition) is 0. The van der Waals surface area contributed by atoms with Gasteiger partial charge in [-0.25, -0.2) is 19.2 Å². The Balaban J connectivity index is 2.47. The molecule has 0 saturated carbocycles. The Morgan fingerprint density at radius 2 is 0.500 bits per heavy atom. The van der Waals surface area contributed by atoms with Crippen LogP contribution in [0, 0.1) is 0 Å². The van der Waals surface area contributed by atoms with Crippen molar-refractivity contribution in [3.8, 4) is 0 Å². The molecule has 0 N–H and O–H groups in total. The minimum atomic E-state index is -0.622. The zero-order valence-electron chi connectivity index (χ0n) is 34.4. The van der Waals surface area contributed by atoms with Crippen LogP contribution in [0.15, 0.2) is 24.3 Å². The Morgan fingerprint density at radius 1 is 0.315 bits per heavy atom. The number of fused-ring (bicyclic) bond motifs is 1. The lowest BCUT2D eigenvalue weighted by Crippen LogP contribution is -2.17. The smallest absolute Gasteiger partial charge is 0.338 e. The summed E-state index contributed by atoms with van der Waals surface area (Å²) < 4.78 is 23.0. The van der Waals surface area contributed by atoms with Gasteiger partial charge in [0.2, 0.25) is 0 Å². The Labute approximate surface area is 326 Å². The molecule has 0 atom stereocenters. The molecule has 8 nitrogen and oxygen atoms in total. The molecule has 0 heterocycles. The van der Waals surface area contributed by atoms with Gasteiger partial charge in [0.15, 0.2) is 0 Å². The standard InChI is InChI=1S/C46H72O8/c1-5-9-13-17-21-25-33-51-43(47)37-29-30-39(45(49)53-35-27-23-19-15-11-7-3)42-40(46(50)54-36-28-24-20-16-12-8-4)32-31-38(41(37)42)44(48)52-34-26-22-18-14-10-6-2/h29-32H,5-28,33-36H2,1-4H3. The lowest BCUT2D eigenvalue weighted by Gasteiger charge is -2.17. The number of hydrogen-bond acceptors (Lipinski definition) is 8. The molecule has 0 aliphatic carbocycles. The third kappa shape index (κ3) is 17.8. The Kier molecular flexibility index (Phi) is 25.9. The van der Waals surface area contributed by atoms with Gasteiger partial charge in [0.25, 0.3) is 0 Å². The van der Waals surface area contributed by atoms with Gasteiger partial charge in [-0.15, -0.1) is 0 Å². The lowest BCUT2D eigenvalue weighted by molar-refractivity contribution is 0.0476. The number of esters is 4. The summed E-state index contributed by atoms with van der Waals surface area (Å²) in [5, 5.41) is 0.304. The molecular formula is C46H72O8. The van der Waals surface area contributed by atoms with Crippen molar-refractivity contribution in [2.45, 2.75) is 182 Å². The quantitative estimate of drug-likeness (QED) is 0.0413. The summed E-state index contributed by atoms with van der Waals surface area (Å²) >= 11 is 0. The van der Waals surface area contributed by atoms with Crippen LogP contribution in [-0.2, 0) is 18.9 Å². The maximum Gasteiger partial charge on any atom is 0.338 e. The monoisotopic (exact) mass is 753 g/mol. The van der Waals surface area contributed by atoms with E-state index in [0.717, 1.165) is 128 Å². The van der Waals surface area contributed by atoms with E-state index in [1.807, 2.05) is 0 Å². The Hall–Kier alpha value is -3.42. The molecule has 0 fully saturated rings. The van der Waals surface area contributed by atoms with E-state index in [9.17, 15) is 19.2 Å². The summed E-state index contributed by atoms with van der Waals surface area (Å²) in [6, 6.07) is 6.01. The summed E-state index contributed by atoms with van der Waals surface area (Å²) in [5.74, 6) is -2.49. The fourth-order valence-electron chi connectivity index (χ4n) is 6.68. The van der Waals surface area contributed by atoms with Crippen LogP contribution in [0.3, 0.4) is 0 Å². The third-order valence-corrected chi connectivity index (χ3v) is 9.96. The van der Waals surface area contributed by atoms with Crippen LogP contribution < -0.4 is 0 Å². The molecule has 304 valence electrons. The summed E-state index contributed by atoms with van der Waals surface area (Å²) in [4.78, 5) is 55.0. The van der Waals surface area contributed by atoms with Crippen molar-refractivity contribution in [1.82, 2.24) is 0 Å². The second-order valence-electron chi connectivity index (χ2n) is 14.7. The van der Waals surface area contributed by atoms with Crippen LogP contribution in [0.4, 0.5) is 0 Å². The number of benzene rings is 2. The topological polar surface area (TPSA) is 105 Å². The van der Waals surface area contributed by atoms with Gasteiger partial charge in [-0.05, 0) is 49.9 Å². The first-order valence-corrected chi connectivity index (χ1v) is 21.7. The van der Waals surface area contributed by atoms with Crippen LogP contribution in [0.25, 0.3) is 10.8 Å².